The number of amides is 2. The molecule has 5 heterocycles. The Morgan fingerprint density at radius 2 is 0.852 bits per heavy atom. The van der Waals surface area contributed by atoms with E-state index in [9.17, 15) is 106 Å². The number of ketones is 1. The number of aliphatic hydroxyl groups excluding tert-OH is 16. The van der Waals surface area contributed by atoms with Crippen molar-refractivity contribution in [3.63, 3.8) is 0 Å². The van der Waals surface area contributed by atoms with Crippen LogP contribution < -0.4 is 10.6 Å². The van der Waals surface area contributed by atoms with E-state index in [2.05, 4.69) is 24.5 Å². The van der Waals surface area contributed by atoms with Gasteiger partial charge < -0.3 is 150 Å². The van der Waals surface area contributed by atoms with Crippen LogP contribution in [0, 0.1) is 5.92 Å². The standard InChI is InChI=1S/C82H150N2O31/c1-5-7-9-11-13-15-17-19-20-21-22-23-24-25-26-27-28-30-32-34-36-38-40-42-62(95)84-54(55(92)41-39-37-35-33-31-29-18-16-14-12-10-8-6-2)50-106-78-70(102)68(100)73(60(48-88)109-78)112-80-71(103)76(115-82(81(104)105)44-56(93)63(83-52(4)91)75(114-82)64(96)57(94)45-85)74(61(49-89)110-80)113-77-53(43-51(3)90)72(66(98)59(47-87)107-77)111-79-69(101)67(99)65(97)58(46-86)108-79/h53-61,63-80,85-89,92-94,96-103H,5-50H2,1-4H3,(H,83,91)(H,84,95)(H,104,105)/t53-,54+,55-,56+,57-,58-,59-,60-,61-,63-,64-,65+,66+,67+,68-,69-,70-,71-,72-,73-,74+,75?,76-,77+,78-,79+,80+,82+/m1/s1. The molecule has 674 valence electrons. The molecular weight excluding hydrogens is 1510 g/mol. The van der Waals surface area contributed by atoms with Gasteiger partial charge in [-0.25, -0.2) is 4.79 Å². The van der Waals surface area contributed by atoms with E-state index in [1.54, 1.807) is 0 Å². The fraction of sp³-hybridized carbons (Fsp3) is 0.951. The molecule has 0 bridgehead atoms. The second-order valence-electron chi connectivity index (χ2n) is 32.8. The van der Waals surface area contributed by atoms with Gasteiger partial charge >= 0.3 is 5.97 Å². The molecule has 5 saturated heterocycles. The van der Waals surface area contributed by atoms with Crippen molar-refractivity contribution in [2.45, 2.75) is 450 Å². The molecule has 5 rings (SSSR count). The van der Waals surface area contributed by atoms with Gasteiger partial charge in [-0.15, -0.1) is 0 Å². The van der Waals surface area contributed by atoms with Gasteiger partial charge in [0.25, 0.3) is 5.79 Å². The summed E-state index contributed by atoms with van der Waals surface area (Å²) in [6.45, 7) is 0.648. The molecule has 0 spiro atoms. The third kappa shape index (κ3) is 34.0. The third-order valence-corrected chi connectivity index (χ3v) is 23.2. The Labute approximate surface area is 680 Å². The minimum absolute atomic E-state index is 0.162. The average molecular weight is 1660 g/mol. The first kappa shape index (κ1) is 103. The lowest BCUT2D eigenvalue weighted by Crippen LogP contribution is -2.71. The molecule has 28 atom stereocenters. The number of ether oxygens (including phenoxy) is 10. The van der Waals surface area contributed by atoms with Crippen LogP contribution in [0.3, 0.4) is 0 Å². The molecule has 33 heteroatoms. The van der Waals surface area contributed by atoms with Crippen LogP contribution in [0.5, 0.6) is 0 Å². The van der Waals surface area contributed by atoms with Crippen molar-refractivity contribution in [3.8, 4) is 0 Å². The molecule has 0 radical (unpaired) electrons. The van der Waals surface area contributed by atoms with Gasteiger partial charge in [0.2, 0.25) is 11.8 Å². The fourth-order valence-corrected chi connectivity index (χ4v) is 16.3. The maximum Gasteiger partial charge on any atom is 0.364 e. The predicted molar refractivity (Wildman–Crippen MR) is 417 cm³/mol. The number of rotatable bonds is 62. The maximum atomic E-state index is 13.9. The molecule has 2 amide bonds. The summed E-state index contributed by atoms with van der Waals surface area (Å²) in [5, 5.41) is 195. The normalized spacial score (nSPS) is 33.0. The Balaban J connectivity index is 1.31. The molecule has 115 heavy (non-hydrogen) atoms. The van der Waals surface area contributed by atoms with Crippen LogP contribution in [-0.2, 0) is 66.5 Å². The number of carbonyl (C=O) groups excluding carboxylic acids is 3. The van der Waals surface area contributed by atoms with Gasteiger partial charge in [0.15, 0.2) is 25.2 Å². The molecule has 0 aliphatic carbocycles. The number of carboxylic acids is 1. The van der Waals surface area contributed by atoms with Crippen molar-refractivity contribution >= 4 is 23.6 Å². The summed E-state index contributed by atoms with van der Waals surface area (Å²) in [7, 11) is 0. The summed E-state index contributed by atoms with van der Waals surface area (Å²) in [6, 6.07) is -2.80. The fourth-order valence-electron chi connectivity index (χ4n) is 16.3. The number of aliphatic carboxylic acids is 1. The Morgan fingerprint density at radius 3 is 1.31 bits per heavy atom. The summed E-state index contributed by atoms with van der Waals surface area (Å²) in [4.78, 5) is 53.3. The number of carboxylic acid groups (broad SMARTS) is 1. The molecule has 0 aromatic heterocycles. The minimum Gasteiger partial charge on any atom is -0.477 e. The van der Waals surface area contributed by atoms with Crippen LogP contribution in [0.2, 0.25) is 0 Å². The highest BCUT2D eigenvalue weighted by Crippen LogP contribution is 2.43. The Hall–Kier alpha value is -2.96. The zero-order valence-electron chi connectivity index (χ0n) is 68.9. The van der Waals surface area contributed by atoms with Crippen molar-refractivity contribution < 1.29 is 153 Å². The molecular formula is C82H150N2O31. The number of nitrogens with one attached hydrogen (secondary N) is 2. The lowest BCUT2D eigenvalue weighted by atomic mass is 9.86. The van der Waals surface area contributed by atoms with Crippen molar-refractivity contribution in [2.75, 3.05) is 39.6 Å². The first-order chi connectivity index (χ1) is 55.3. The highest BCUT2D eigenvalue weighted by Gasteiger charge is 2.62. The Morgan fingerprint density at radius 1 is 0.443 bits per heavy atom. The van der Waals surface area contributed by atoms with Crippen molar-refractivity contribution in [3.05, 3.63) is 0 Å². The van der Waals surface area contributed by atoms with Crippen LogP contribution in [0.25, 0.3) is 0 Å². The highest BCUT2D eigenvalue weighted by atomic mass is 16.8. The number of hydrogen-bond donors (Lipinski definition) is 19. The van der Waals surface area contributed by atoms with Crippen molar-refractivity contribution in [1.29, 1.82) is 0 Å². The Bertz CT molecular complexity index is 2590. The number of aliphatic hydroxyl groups is 16. The maximum absolute atomic E-state index is 13.9. The summed E-state index contributed by atoms with van der Waals surface area (Å²) in [6.07, 6.45) is -7.12. The number of Topliss-reactive ketones (excluding diaryl/α,β-unsaturated/α-hetero) is 1. The van der Waals surface area contributed by atoms with E-state index in [1.165, 1.54) is 161 Å². The molecule has 1 unspecified atom stereocenters. The molecule has 5 fully saturated rings. The van der Waals surface area contributed by atoms with E-state index in [-0.39, 0.29) is 18.7 Å². The van der Waals surface area contributed by atoms with Gasteiger partial charge in [0.05, 0.1) is 70.0 Å². The Kier molecular flexibility index (Phi) is 50.6. The summed E-state index contributed by atoms with van der Waals surface area (Å²) in [5.41, 5.74) is 0. The second kappa shape index (κ2) is 56.7. The summed E-state index contributed by atoms with van der Waals surface area (Å²) in [5.74, 6) is -9.02. The topological polar surface area (TPSA) is 529 Å². The molecule has 0 aromatic carbocycles. The zero-order chi connectivity index (χ0) is 84.4. The first-order valence-electron chi connectivity index (χ1n) is 43.6. The van der Waals surface area contributed by atoms with Gasteiger partial charge in [-0.3, -0.25) is 9.59 Å². The number of unbranched alkanes of at least 4 members (excludes halogenated alkanes) is 34. The van der Waals surface area contributed by atoms with E-state index < -0.39 is 241 Å². The van der Waals surface area contributed by atoms with E-state index in [4.69, 9.17) is 47.4 Å². The molecule has 19 N–H and O–H groups in total. The SMILES string of the molecule is CCCCCCCCCCCCCCCCCCCCCCCCCC(=O)N[C@@H](CO[C@@H]1O[C@H](CO)[C@@H](O[C@@H]2O[C@H](CO)[C@H](O[C@@H]3O[C@H](CO)[C@H](O)[C@H](O[C@@H]4O[C@H](CO)[C@H](O)[C@H](O)[C@H]4O)[C@H]3CC(C)=O)[C@H](O[C@]3(C(=O)O)C[C@H](O)[C@@H](NC(C)=O)C([C@H](O)[C@H](O)CO)O3)[C@H]2O)[C@H](O)[C@H]1O)[C@H](O)CCCCCCCCCCCCCCC. The summed E-state index contributed by atoms with van der Waals surface area (Å²) >= 11 is 0. The van der Waals surface area contributed by atoms with Crippen LogP contribution in [-0.4, -0.2) is 315 Å². The van der Waals surface area contributed by atoms with E-state index in [0.717, 1.165) is 71.6 Å². The highest BCUT2D eigenvalue weighted by molar-refractivity contribution is 5.77. The third-order valence-electron chi connectivity index (χ3n) is 23.2. The molecule has 0 aromatic rings. The lowest BCUT2D eigenvalue weighted by molar-refractivity contribution is -0.406. The molecule has 5 aliphatic heterocycles. The largest absolute Gasteiger partial charge is 0.477 e. The van der Waals surface area contributed by atoms with E-state index in [1.807, 2.05) is 0 Å². The monoisotopic (exact) mass is 1660 g/mol. The van der Waals surface area contributed by atoms with Gasteiger partial charge in [-0.05, 0) is 19.8 Å². The smallest absolute Gasteiger partial charge is 0.364 e. The first-order valence-corrected chi connectivity index (χ1v) is 43.6. The summed E-state index contributed by atoms with van der Waals surface area (Å²) < 4.78 is 60.6. The van der Waals surface area contributed by atoms with E-state index >= 15 is 0 Å². The van der Waals surface area contributed by atoms with Gasteiger partial charge in [-0.1, -0.05) is 239 Å². The predicted octanol–water partition coefficient (Wildman–Crippen LogP) is 3.39. The number of carbonyl (C=O) groups is 4. The van der Waals surface area contributed by atoms with Crippen molar-refractivity contribution in [1.82, 2.24) is 10.6 Å². The molecule has 0 saturated carbocycles. The van der Waals surface area contributed by atoms with Gasteiger partial charge in [0.1, 0.15) is 110 Å². The van der Waals surface area contributed by atoms with Gasteiger partial charge in [0, 0.05) is 32.1 Å². The number of hydrogen-bond acceptors (Lipinski definition) is 30. The van der Waals surface area contributed by atoms with Crippen LogP contribution in [0.4, 0.5) is 0 Å². The lowest BCUT2D eigenvalue weighted by Gasteiger charge is -2.52. The van der Waals surface area contributed by atoms with Gasteiger partial charge in [-0.2, -0.15) is 0 Å². The molecule has 33 nitrogen and oxygen atoms in total. The minimum atomic E-state index is -3.36. The quantitative estimate of drug-likeness (QED) is 0.0388. The second-order valence-corrected chi connectivity index (χ2v) is 32.8. The molecule has 5 aliphatic rings. The van der Waals surface area contributed by atoms with Crippen LogP contribution >= 0.6 is 0 Å². The van der Waals surface area contributed by atoms with Crippen molar-refractivity contribution in [2.24, 2.45) is 5.92 Å². The van der Waals surface area contributed by atoms with Crippen LogP contribution in [0.15, 0.2) is 0 Å². The van der Waals surface area contributed by atoms with E-state index in [0.29, 0.717) is 12.8 Å². The average Bonchev–Trinajstić information content (AvgIpc) is 0.741. The van der Waals surface area contributed by atoms with Crippen LogP contribution in [0.1, 0.15) is 285 Å². The zero-order valence-corrected chi connectivity index (χ0v) is 68.9.